The van der Waals surface area contributed by atoms with Crippen molar-refractivity contribution in [2.75, 3.05) is 7.11 Å². The summed E-state index contributed by atoms with van der Waals surface area (Å²) in [6.07, 6.45) is 1.48. The number of rotatable bonds is 4. The van der Waals surface area contributed by atoms with Gasteiger partial charge < -0.3 is 4.74 Å². The zero-order valence-electron chi connectivity index (χ0n) is 11.6. The van der Waals surface area contributed by atoms with E-state index in [4.69, 9.17) is 27.9 Å². The second-order valence-corrected chi connectivity index (χ2v) is 5.22. The zero-order chi connectivity index (χ0) is 16.1. The van der Waals surface area contributed by atoms with Crippen LogP contribution in [0.25, 0.3) is 6.08 Å². The van der Waals surface area contributed by atoms with Crippen LogP contribution in [-0.4, -0.2) is 12.9 Å². The van der Waals surface area contributed by atoms with Gasteiger partial charge in [-0.05, 0) is 48.0 Å². The summed E-state index contributed by atoms with van der Waals surface area (Å²) in [6.45, 7) is 0. The summed E-state index contributed by atoms with van der Waals surface area (Å²) in [5.74, 6) is 0.278. The van der Waals surface area contributed by atoms with Crippen molar-refractivity contribution in [2.45, 2.75) is 0 Å². The molecule has 2 aromatic carbocycles. The Balaban J connectivity index is 2.33. The molecule has 0 aromatic heterocycles. The van der Waals surface area contributed by atoms with Gasteiger partial charge in [-0.3, -0.25) is 4.79 Å². The van der Waals surface area contributed by atoms with Crippen LogP contribution in [0.2, 0.25) is 10.0 Å². The van der Waals surface area contributed by atoms with Crippen molar-refractivity contribution in [3.05, 3.63) is 69.2 Å². The monoisotopic (exact) mass is 331 g/mol. The Morgan fingerprint density at radius 3 is 2.36 bits per heavy atom. The highest BCUT2D eigenvalue weighted by atomic mass is 35.5. The molecule has 0 aliphatic rings. The van der Waals surface area contributed by atoms with Gasteiger partial charge in [0, 0.05) is 5.56 Å². The first kappa shape index (κ1) is 16.1. The molecule has 0 heterocycles. The fourth-order valence-electron chi connectivity index (χ4n) is 1.82. The average Bonchev–Trinajstić information content (AvgIpc) is 2.55. The van der Waals surface area contributed by atoms with E-state index in [1.54, 1.807) is 49.6 Å². The summed E-state index contributed by atoms with van der Waals surface area (Å²) in [4.78, 5) is 12.3. The van der Waals surface area contributed by atoms with Crippen LogP contribution >= 0.6 is 23.2 Å². The molecule has 0 bridgehead atoms. The topological polar surface area (TPSA) is 50.1 Å². The van der Waals surface area contributed by atoms with E-state index in [0.29, 0.717) is 26.9 Å². The van der Waals surface area contributed by atoms with Crippen molar-refractivity contribution in [3.8, 4) is 11.8 Å². The maximum absolute atomic E-state index is 12.3. The van der Waals surface area contributed by atoms with E-state index < -0.39 is 0 Å². The van der Waals surface area contributed by atoms with E-state index in [1.807, 2.05) is 6.07 Å². The number of hydrogen-bond donors (Lipinski definition) is 0. The van der Waals surface area contributed by atoms with Crippen LogP contribution in [-0.2, 0) is 0 Å². The smallest absolute Gasteiger partial charge is 0.203 e. The van der Waals surface area contributed by atoms with Gasteiger partial charge in [0.1, 0.15) is 17.4 Å². The van der Waals surface area contributed by atoms with Crippen molar-refractivity contribution in [1.29, 1.82) is 5.26 Å². The molecule has 0 amide bonds. The molecule has 0 saturated carbocycles. The molecule has 0 aliphatic carbocycles. The van der Waals surface area contributed by atoms with E-state index in [0.717, 1.165) is 0 Å². The molecule has 2 rings (SSSR count). The quantitative estimate of drug-likeness (QED) is 0.459. The lowest BCUT2D eigenvalue weighted by Crippen LogP contribution is -2.01. The largest absolute Gasteiger partial charge is 0.497 e. The Kier molecular flexibility index (Phi) is 5.21. The van der Waals surface area contributed by atoms with Gasteiger partial charge in [-0.15, -0.1) is 0 Å². The highest BCUT2D eigenvalue weighted by molar-refractivity contribution is 6.42. The number of carbonyl (C=O) groups excluding carboxylic acids is 1. The van der Waals surface area contributed by atoms with Gasteiger partial charge >= 0.3 is 0 Å². The van der Waals surface area contributed by atoms with Crippen LogP contribution in [0.3, 0.4) is 0 Å². The number of carbonyl (C=O) groups is 1. The Morgan fingerprint density at radius 1 is 1.14 bits per heavy atom. The number of halogens is 2. The fourth-order valence-corrected chi connectivity index (χ4v) is 2.12. The predicted molar refractivity (Wildman–Crippen MR) is 87.4 cm³/mol. The van der Waals surface area contributed by atoms with Crippen molar-refractivity contribution < 1.29 is 9.53 Å². The molecule has 0 fully saturated rings. The lowest BCUT2D eigenvalue weighted by molar-refractivity contribution is 0.104. The summed E-state index contributed by atoms with van der Waals surface area (Å²) in [7, 11) is 1.54. The van der Waals surface area contributed by atoms with Gasteiger partial charge in [0.2, 0.25) is 5.78 Å². The van der Waals surface area contributed by atoms with E-state index >= 15 is 0 Å². The third kappa shape index (κ3) is 3.67. The van der Waals surface area contributed by atoms with Crippen LogP contribution < -0.4 is 4.74 Å². The van der Waals surface area contributed by atoms with Gasteiger partial charge in [-0.25, -0.2) is 0 Å². The number of Topliss-reactive ketones (excluding diaryl/α,β-unsaturated/α-hetero) is 1. The number of allylic oxidation sites excluding steroid dienone is 1. The van der Waals surface area contributed by atoms with Crippen LogP contribution in [0, 0.1) is 11.3 Å². The number of methoxy groups -OCH3 is 1. The zero-order valence-corrected chi connectivity index (χ0v) is 13.2. The second kappa shape index (κ2) is 7.13. The van der Waals surface area contributed by atoms with Crippen molar-refractivity contribution in [2.24, 2.45) is 0 Å². The second-order valence-electron chi connectivity index (χ2n) is 4.40. The number of ketones is 1. The van der Waals surface area contributed by atoms with Crippen LogP contribution in [0.5, 0.6) is 5.75 Å². The molecule has 0 atom stereocenters. The highest BCUT2D eigenvalue weighted by Gasteiger charge is 2.12. The van der Waals surface area contributed by atoms with Gasteiger partial charge in [0.25, 0.3) is 0 Å². The Labute approximate surface area is 138 Å². The normalized spacial score (nSPS) is 10.9. The standard InChI is InChI=1S/C17H11Cl2NO2/c1-22-14-5-3-12(4-6-14)17(21)13(10-20)8-11-2-7-15(18)16(19)9-11/h2-9H,1H3. The molecular formula is C17H11Cl2NO2. The maximum Gasteiger partial charge on any atom is 0.203 e. The van der Waals surface area contributed by atoms with Crippen LogP contribution in [0.4, 0.5) is 0 Å². The van der Waals surface area contributed by atoms with Gasteiger partial charge in [-0.1, -0.05) is 29.3 Å². The van der Waals surface area contributed by atoms with Crippen molar-refractivity contribution >= 4 is 35.1 Å². The van der Waals surface area contributed by atoms with Gasteiger partial charge in [0.15, 0.2) is 0 Å². The molecular weight excluding hydrogens is 321 g/mol. The first-order chi connectivity index (χ1) is 10.5. The predicted octanol–water partition coefficient (Wildman–Crippen LogP) is 4.79. The Hall–Kier alpha value is -2.28. The van der Waals surface area contributed by atoms with E-state index in [9.17, 15) is 10.1 Å². The van der Waals surface area contributed by atoms with Crippen LogP contribution in [0.15, 0.2) is 48.0 Å². The number of ether oxygens (including phenoxy) is 1. The minimum Gasteiger partial charge on any atom is -0.497 e. The lowest BCUT2D eigenvalue weighted by atomic mass is 10.0. The van der Waals surface area contributed by atoms with Crippen molar-refractivity contribution in [3.63, 3.8) is 0 Å². The van der Waals surface area contributed by atoms with Crippen molar-refractivity contribution in [1.82, 2.24) is 0 Å². The molecule has 5 heteroatoms. The number of nitriles is 1. The molecule has 0 aliphatic heterocycles. The summed E-state index contributed by atoms with van der Waals surface area (Å²) in [5.41, 5.74) is 1.06. The first-order valence-electron chi connectivity index (χ1n) is 6.30. The fraction of sp³-hybridized carbons (Fsp3) is 0.0588. The van der Waals surface area contributed by atoms with E-state index in [2.05, 4.69) is 0 Å². The molecule has 3 nitrogen and oxygen atoms in total. The Bertz CT molecular complexity index is 774. The van der Waals surface area contributed by atoms with E-state index in [-0.39, 0.29) is 11.4 Å². The third-order valence-electron chi connectivity index (χ3n) is 2.97. The van der Waals surface area contributed by atoms with Gasteiger partial charge in [-0.2, -0.15) is 5.26 Å². The SMILES string of the molecule is COc1ccc(C(=O)C(C#N)=Cc2ccc(Cl)c(Cl)c2)cc1. The number of benzene rings is 2. The lowest BCUT2D eigenvalue weighted by Gasteiger charge is -2.03. The third-order valence-corrected chi connectivity index (χ3v) is 3.71. The molecule has 22 heavy (non-hydrogen) atoms. The number of nitrogens with zero attached hydrogens (tertiary/aromatic N) is 1. The van der Waals surface area contributed by atoms with Gasteiger partial charge in [0.05, 0.1) is 17.2 Å². The molecule has 0 unspecified atom stereocenters. The molecule has 110 valence electrons. The molecule has 2 aromatic rings. The molecule has 0 spiro atoms. The minimum atomic E-state index is -0.365. The molecule has 0 saturated heterocycles. The first-order valence-corrected chi connectivity index (χ1v) is 7.06. The summed E-state index contributed by atoms with van der Waals surface area (Å²) < 4.78 is 5.04. The summed E-state index contributed by atoms with van der Waals surface area (Å²) in [6, 6.07) is 13.4. The van der Waals surface area contributed by atoms with E-state index in [1.165, 1.54) is 6.08 Å². The average molecular weight is 332 g/mol. The minimum absolute atomic E-state index is 0.0172. The summed E-state index contributed by atoms with van der Waals surface area (Å²) in [5, 5.41) is 10.0. The molecule has 0 N–H and O–H groups in total. The summed E-state index contributed by atoms with van der Waals surface area (Å²) >= 11 is 11.8. The highest BCUT2D eigenvalue weighted by Crippen LogP contribution is 2.24. The Morgan fingerprint density at radius 2 is 1.82 bits per heavy atom. The maximum atomic E-state index is 12.3. The number of hydrogen-bond acceptors (Lipinski definition) is 3. The molecule has 0 radical (unpaired) electrons. The van der Waals surface area contributed by atoms with Crippen LogP contribution in [0.1, 0.15) is 15.9 Å².